The molecule has 1 aliphatic heterocycles. The molecule has 1 saturated carbocycles. The van der Waals surface area contributed by atoms with E-state index in [0.717, 1.165) is 35.5 Å². The maximum atomic E-state index is 13.8. The summed E-state index contributed by atoms with van der Waals surface area (Å²) >= 11 is 1.47. The lowest BCUT2D eigenvalue weighted by molar-refractivity contribution is -0.123. The van der Waals surface area contributed by atoms with Crippen LogP contribution in [0.4, 0.5) is 5.69 Å². The lowest BCUT2D eigenvalue weighted by Crippen LogP contribution is -2.52. The number of hydrogen-bond acceptors (Lipinski definition) is 5. The molecule has 2 amide bonds. The van der Waals surface area contributed by atoms with Crippen molar-refractivity contribution in [3.8, 4) is 0 Å². The average Bonchev–Trinajstić information content (AvgIpc) is 2.95. The maximum absolute atomic E-state index is 13.8. The van der Waals surface area contributed by atoms with Crippen molar-refractivity contribution in [1.29, 1.82) is 0 Å². The quantitative estimate of drug-likeness (QED) is 0.592. The van der Waals surface area contributed by atoms with Crippen molar-refractivity contribution in [3.05, 3.63) is 53.6 Å². The summed E-state index contributed by atoms with van der Waals surface area (Å²) < 4.78 is 5.18. The standard InChI is InChI=1S/C26H30N2O4S/c1-3-20(24(29)27-18-10-6-5-7-11-18)28-21-16-17(26(31)32-4-2)14-15-23(21)33-22-13-9-8-12-19(22)25(28)30/h8-9,12-16,18,20H,3-7,10-11H2,1-2H3,(H,27,29)/t20-/m0/s1. The van der Waals surface area contributed by atoms with Gasteiger partial charge < -0.3 is 10.1 Å². The highest BCUT2D eigenvalue weighted by Crippen LogP contribution is 2.43. The zero-order valence-corrected chi connectivity index (χ0v) is 20.0. The van der Waals surface area contributed by atoms with Crippen molar-refractivity contribution < 1.29 is 19.1 Å². The van der Waals surface area contributed by atoms with Crippen molar-refractivity contribution in [3.63, 3.8) is 0 Å². The molecule has 1 atom stereocenters. The van der Waals surface area contributed by atoms with Crippen LogP contribution in [0.25, 0.3) is 0 Å². The van der Waals surface area contributed by atoms with Gasteiger partial charge in [-0.1, -0.05) is 50.1 Å². The Morgan fingerprint density at radius 2 is 1.85 bits per heavy atom. The van der Waals surface area contributed by atoms with Crippen molar-refractivity contribution in [1.82, 2.24) is 5.32 Å². The van der Waals surface area contributed by atoms with Gasteiger partial charge in [-0.3, -0.25) is 14.5 Å². The summed E-state index contributed by atoms with van der Waals surface area (Å²) in [5.41, 5.74) is 1.49. The van der Waals surface area contributed by atoms with Gasteiger partial charge in [-0.05, 0) is 56.5 Å². The second kappa shape index (κ2) is 10.4. The average molecular weight is 467 g/mol. The fourth-order valence-electron chi connectivity index (χ4n) is 4.56. The minimum absolute atomic E-state index is 0.144. The fourth-order valence-corrected chi connectivity index (χ4v) is 5.61. The van der Waals surface area contributed by atoms with Crippen molar-refractivity contribution in [2.45, 2.75) is 74.2 Å². The number of carbonyl (C=O) groups is 3. The summed E-state index contributed by atoms with van der Waals surface area (Å²) in [5.74, 6) is -0.822. The van der Waals surface area contributed by atoms with Crippen LogP contribution in [-0.2, 0) is 9.53 Å². The van der Waals surface area contributed by atoms with Crippen LogP contribution in [0.2, 0.25) is 0 Å². The van der Waals surface area contributed by atoms with Gasteiger partial charge in [0.05, 0.1) is 23.4 Å². The molecule has 1 aliphatic carbocycles. The number of nitrogens with zero attached hydrogens (tertiary/aromatic N) is 1. The summed E-state index contributed by atoms with van der Waals surface area (Å²) in [6.45, 7) is 3.93. The summed E-state index contributed by atoms with van der Waals surface area (Å²) in [5, 5.41) is 3.19. The molecule has 33 heavy (non-hydrogen) atoms. The van der Waals surface area contributed by atoms with Crippen LogP contribution in [0.15, 0.2) is 52.3 Å². The number of amides is 2. The lowest BCUT2D eigenvalue weighted by atomic mass is 9.95. The Kier molecular flexibility index (Phi) is 7.38. The van der Waals surface area contributed by atoms with Crippen LogP contribution in [0.1, 0.15) is 73.1 Å². The molecule has 174 valence electrons. The fraction of sp³-hybridized carbons (Fsp3) is 0.423. The molecule has 0 radical (unpaired) electrons. The highest BCUT2D eigenvalue weighted by molar-refractivity contribution is 7.99. The highest BCUT2D eigenvalue weighted by atomic mass is 32.2. The van der Waals surface area contributed by atoms with Crippen LogP contribution >= 0.6 is 11.8 Å². The second-order valence-corrected chi connectivity index (χ2v) is 9.53. The van der Waals surface area contributed by atoms with E-state index in [2.05, 4.69) is 5.32 Å². The molecule has 6 nitrogen and oxygen atoms in total. The summed E-state index contributed by atoms with van der Waals surface area (Å²) in [6, 6.07) is 12.1. The second-order valence-electron chi connectivity index (χ2n) is 8.44. The molecule has 0 spiro atoms. The van der Waals surface area contributed by atoms with Crippen molar-refractivity contribution >= 4 is 35.2 Å². The van der Waals surface area contributed by atoms with Gasteiger partial charge in [-0.25, -0.2) is 4.79 Å². The summed E-state index contributed by atoms with van der Waals surface area (Å²) in [7, 11) is 0. The van der Waals surface area contributed by atoms with E-state index in [1.807, 2.05) is 31.2 Å². The first-order valence-electron chi connectivity index (χ1n) is 11.8. The van der Waals surface area contributed by atoms with Gasteiger partial charge in [0.2, 0.25) is 5.91 Å². The Labute approximate surface area is 199 Å². The van der Waals surface area contributed by atoms with Crippen LogP contribution in [0.3, 0.4) is 0 Å². The predicted octanol–water partition coefficient (Wildman–Crippen LogP) is 5.20. The van der Waals surface area contributed by atoms with E-state index < -0.39 is 12.0 Å². The van der Waals surface area contributed by atoms with E-state index in [9.17, 15) is 14.4 Å². The van der Waals surface area contributed by atoms with E-state index in [4.69, 9.17) is 4.74 Å². The van der Waals surface area contributed by atoms with Crippen LogP contribution in [0, 0.1) is 0 Å². The van der Waals surface area contributed by atoms with Crippen LogP contribution in [0.5, 0.6) is 0 Å². The molecule has 2 aromatic rings. The van der Waals surface area contributed by atoms with E-state index in [1.54, 1.807) is 30.0 Å². The molecule has 2 aromatic carbocycles. The summed E-state index contributed by atoms with van der Waals surface area (Å²) in [6.07, 6.45) is 5.82. The Morgan fingerprint density at radius 1 is 1.09 bits per heavy atom. The van der Waals surface area contributed by atoms with Gasteiger partial charge in [0.1, 0.15) is 6.04 Å². The van der Waals surface area contributed by atoms with Crippen LogP contribution < -0.4 is 10.2 Å². The van der Waals surface area contributed by atoms with E-state index in [-0.39, 0.29) is 24.5 Å². The minimum atomic E-state index is -0.678. The third-order valence-corrected chi connectivity index (χ3v) is 7.38. The Balaban J connectivity index is 1.76. The number of nitrogens with one attached hydrogen (secondary N) is 1. The number of hydrogen-bond donors (Lipinski definition) is 1. The Morgan fingerprint density at radius 3 is 2.58 bits per heavy atom. The Bertz CT molecular complexity index is 1050. The first kappa shape index (κ1) is 23.4. The van der Waals surface area contributed by atoms with Gasteiger partial charge in [-0.2, -0.15) is 0 Å². The molecule has 0 saturated heterocycles. The molecule has 4 rings (SSSR count). The van der Waals surface area contributed by atoms with Gasteiger partial charge in [0.15, 0.2) is 0 Å². The largest absolute Gasteiger partial charge is 0.462 e. The third kappa shape index (κ3) is 4.93. The van der Waals surface area contributed by atoms with Gasteiger partial charge in [-0.15, -0.1) is 0 Å². The normalized spacial score (nSPS) is 16.9. The zero-order valence-electron chi connectivity index (χ0n) is 19.1. The molecular weight excluding hydrogens is 436 g/mol. The Hall–Kier alpha value is -2.80. The third-order valence-electron chi connectivity index (χ3n) is 6.24. The first-order valence-corrected chi connectivity index (χ1v) is 12.6. The molecule has 0 aromatic heterocycles. The lowest BCUT2D eigenvalue weighted by Gasteiger charge is -2.32. The maximum Gasteiger partial charge on any atom is 0.338 e. The zero-order chi connectivity index (χ0) is 23.4. The molecule has 1 N–H and O–H groups in total. The number of rotatable bonds is 6. The predicted molar refractivity (Wildman–Crippen MR) is 129 cm³/mol. The molecule has 0 bridgehead atoms. The van der Waals surface area contributed by atoms with Crippen molar-refractivity contribution in [2.24, 2.45) is 0 Å². The van der Waals surface area contributed by atoms with E-state index >= 15 is 0 Å². The molecule has 0 unspecified atom stereocenters. The van der Waals surface area contributed by atoms with E-state index in [0.29, 0.717) is 23.2 Å². The van der Waals surface area contributed by atoms with E-state index in [1.165, 1.54) is 18.2 Å². The number of carbonyl (C=O) groups excluding carboxylic acids is 3. The van der Waals surface area contributed by atoms with Gasteiger partial charge >= 0.3 is 5.97 Å². The topological polar surface area (TPSA) is 75.7 Å². The monoisotopic (exact) mass is 466 g/mol. The smallest absolute Gasteiger partial charge is 0.338 e. The molecular formula is C26H30N2O4S. The first-order chi connectivity index (χ1) is 16.0. The summed E-state index contributed by atoms with van der Waals surface area (Å²) in [4.78, 5) is 42.9. The number of fused-ring (bicyclic) bond motifs is 2. The number of benzene rings is 2. The molecule has 2 aliphatic rings. The number of esters is 1. The molecule has 1 fully saturated rings. The van der Waals surface area contributed by atoms with Crippen LogP contribution in [-0.4, -0.2) is 36.5 Å². The molecule has 7 heteroatoms. The number of anilines is 1. The highest BCUT2D eigenvalue weighted by Gasteiger charge is 2.36. The SMILES string of the molecule is CCOC(=O)c1ccc2c(c1)N([C@@H](CC)C(=O)NC1CCCCC1)C(=O)c1ccccc1S2. The number of ether oxygens (including phenoxy) is 1. The van der Waals surface area contributed by atoms with Crippen molar-refractivity contribution in [2.75, 3.05) is 11.5 Å². The van der Waals surface area contributed by atoms with Gasteiger partial charge in [0, 0.05) is 15.8 Å². The van der Waals surface area contributed by atoms with Gasteiger partial charge in [0.25, 0.3) is 5.91 Å². The molecule has 1 heterocycles. The minimum Gasteiger partial charge on any atom is -0.462 e.